The molecule has 0 saturated heterocycles. The second-order valence-corrected chi connectivity index (χ2v) is 10.7. The van der Waals surface area contributed by atoms with Crippen molar-refractivity contribution in [2.45, 2.75) is 43.3 Å². The topological polar surface area (TPSA) is 113 Å². The maximum atomic E-state index is 13.6. The highest BCUT2D eigenvalue weighted by molar-refractivity contribution is 7.92. The van der Waals surface area contributed by atoms with E-state index in [1.54, 1.807) is 32.0 Å². The van der Waals surface area contributed by atoms with Gasteiger partial charge in [0.05, 0.1) is 36.4 Å². The van der Waals surface area contributed by atoms with Crippen LogP contribution in [-0.4, -0.2) is 51.9 Å². The normalized spacial score (nSPS) is 26.2. The maximum absolute atomic E-state index is 13.6. The van der Waals surface area contributed by atoms with E-state index in [0.29, 0.717) is 5.57 Å². The molecule has 8 nitrogen and oxygen atoms in total. The minimum absolute atomic E-state index is 0.0277. The number of carbonyl (C=O) groups is 3. The van der Waals surface area contributed by atoms with Gasteiger partial charge in [-0.25, -0.2) is 8.42 Å². The predicted molar refractivity (Wildman–Crippen MR) is 119 cm³/mol. The van der Waals surface area contributed by atoms with E-state index in [4.69, 9.17) is 14.2 Å². The molecule has 0 unspecified atom stereocenters. The molecular weight excluding hydrogens is 448 g/mol. The fourth-order valence-electron chi connectivity index (χ4n) is 5.30. The van der Waals surface area contributed by atoms with Crippen molar-refractivity contribution in [3.63, 3.8) is 0 Å². The van der Waals surface area contributed by atoms with E-state index in [2.05, 4.69) is 6.58 Å². The Kier molecular flexibility index (Phi) is 7.31. The SMILES string of the molecule is C=C1C[C@@H](S(=O)(=O)c2ccccc2)[C@H](C(=O)OC)[C@H]2CC(C(=O)OCC)(C(=O)OCC)C[C@@H]12. The Labute approximate surface area is 194 Å². The molecule has 1 aromatic rings. The standard InChI is InChI=1S/C24H30O8S/c1-5-31-22(26)24(23(27)32-6-2)13-17-15(3)12-19(20(18(17)14-24)21(25)30-4)33(28,29)16-10-8-7-9-11-16/h7-11,17-20H,3,5-6,12-14H2,1-2,4H3/t17-,18-,19+,20+/m0/s1. The second kappa shape index (κ2) is 9.67. The Morgan fingerprint density at radius 2 is 1.61 bits per heavy atom. The molecule has 0 aromatic heterocycles. The summed E-state index contributed by atoms with van der Waals surface area (Å²) in [5.74, 6) is -4.28. The van der Waals surface area contributed by atoms with E-state index in [1.807, 2.05) is 0 Å². The first kappa shape index (κ1) is 25.0. The Morgan fingerprint density at radius 3 is 2.12 bits per heavy atom. The van der Waals surface area contributed by atoms with Gasteiger partial charge in [-0.05, 0) is 57.1 Å². The van der Waals surface area contributed by atoms with Gasteiger partial charge in [-0.15, -0.1) is 0 Å². The van der Waals surface area contributed by atoms with Crippen LogP contribution in [0.3, 0.4) is 0 Å². The Hall–Kier alpha value is -2.68. The van der Waals surface area contributed by atoms with E-state index in [-0.39, 0.29) is 37.4 Å². The van der Waals surface area contributed by atoms with Gasteiger partial charge in [-0.1, -0.05) is 30.4 Å². The molecule has 9 heteroatoms. The van der Waals surface area contributed by atoms with Crippen LogP contribution in [0.15, 0.2) is 47.4 Å². The number of carbonyl (C=O) groups excluding carboxylic acids is 3. The Balaban J connectivity index is 2.09. The first-order valence-electron chi connectivity index (χ1n) is 11.0. The summed E-state index contributed by atoms with van der Waals surface area (Å²) in [6.07, 6.45) is 0.00852. The summed E-state index contributed by atoms with van der Waals surface area (Å²) < 4.78 is 42.6. The minimum atomic E-state index is -3.93. The molecule has 0 bridgehead atoms. The zero-order chi connectivity index (χ0) is 24.4. The molecule has 33 heavy (non-hydrogen) atoms. The number of benzene rings is 1. The number of esters is 3. The molecule has 0 spiro atoms. The number of methoxy groups -OCH3 is 1. The number of allylic oxidation sites excluding steroid dienone is 1. The van der Waals surface area contributed by atoms with E-state index in [9.17, 15) is 22.8 Å². The van der Waals surface area contributed by atoms with Crippen LogP contribution >= 0.6 is 0 Å². The van der Waals surface area contributed by atoms with Crippen LogP contribution in [0.4, 0.5) is 0 Å². The van der Waals surface area contributed by atoms with E-state index in [0.717, 1.165) is 0 Å². The Morgan fingerprint density at radius 1 is 1.03 bits per heavy atom. The lowest BCUT2D eigenvalue weighted by Crippen LogP contribution is -2.46. The number of sulfone groups is 1. The van der Waals surface area contributed by atoms with Crippen LogP contribution in [0, 0.1) is 23.2 Å². The van der Waals surface area contributed by atoms with Crippen molar-refractivity contribution >= 4 is 27.7 Å². The molecule has 2 fully saturated rings. The van der Waals surface area contributed by atoms with E-state index in [1.165, 1.54) is 19.2 Å². The van der Waals surface area contributed by atoms with Crippen LogP contribution in [0.2, 0.25) is 0 Å². The van der Waals surface area contributed by atoms with E-state index < -0.39 is 56.2 Å². The fourth-order valence-corrected chi connectivity index (χ4v) is 7.32. The molecule has 0 radical (unpaired) electrons. The van der Waals surface area contributed by atoms with Crippen molar-refractivity contribution in [3.05, 3.63) is 42.5 Å². The molecule has 2 aliphatic rings. The van der Waals surface area contributed by atoms with Crippen molar-refractivity contribution in [1.82, 2.24) is 0 Å². The molecule has 0 N–H and O–H groups in total. The molecular formula is C24H30O8S. The lowest BCUT2D eigenvalue weighted by molar-refractivity contribution is -0.172. The van der Waals surface area contributed by atoms with Crippen LogP contribution in [0.5, 0.6) is 0 Å². The number of hydrogen-bond donors (Lipinski definition) is 0. The van der Waals surface area contributed by atoms with Crippen molar-refractivity contribution in [2.75, 3.05) is 20.3 Å². The predicted octanol–water partition coefficient (Wildman–Crippen LogP) is 2.72. The van der Waals surface area contributed by atoms with Crippen LogP contribution in [0.25, 0.3) is 0 Å². The maximum Gasteiger partial charge on any atom is 0.323 e. The molecule has 0 amide bonds. The summed E-state index contributed by atoms with van der Waals surface area (Å²) >= 11 is 0. The van der Waals surface area contributed by atoms with Gasteiger partial charge in [0, 0.05) is 0 Å². The van der Waals surface area contributed by atoms with Gasteiger partial charge in [0.1, 0.15) is 0 Å². The van der Waals surface area contributed by atoms with E-state index >= 15 is 0 Å². The van der Waals surface area contributed by atoms with Gasteiger partial charge >= 0.3 is 17.9 Å². The first-order chi connectivity index (χ1) is 15.6. The average Bonchev–Trinajstić information content (AvgIpc) is 3.22. The summed E-state index contributed by atoms with van der Waals surface area (Å²) in [5, 5.41) is -1.12. The zero-order valence-electron chi connectivity index (χ0n) is 19.1. The Bertz CT molecular complexity index is 1010. The van der Waals surface area contributed by atoms with Crippen molar-refractivity contribution in [2.24, 2.45) is 23.2 Å². The number of rotatable bonds is 7. The zero-order valence-corrected chi connectivity index (χ0v) is 19.9. The molecule has 180 valence electrons. The molecule has 2 saturated carbocycles. The monoisotopic (exact) mass is 478 g/mol. The molecule has 4 atom stereocenters. The second-order valence-electron chi connectivity index (χ2n) is 8.51. The van der Waals surface area contributed by atoms with Gasteiger partial charge in [0.15, 0.2) is 15.3 Å². The minimum Gasteiger partial charge on any atom is -0.469 e. The highest BCUT2D eigenvalue weighted by Gasteiger charge is 2.64. The third kappa shape index (κ3) is 4.30. The summed E-state index contributed by atoms with van der Waals surface area (Å²) in [6.45, 7) is 7.50. The lowest BCUT2D eigenvalue weighted by Gasteiger charge is -2.39. The number of ether oxygens (including phenoxy) is 3. The quantitative estimate of drug-likeness (QED) is 0.254. The molecule has 0 aliphatic heterocycles. The largest absolute Gasteiger partial charge is 0.469 e. The highest BCUT2D eigenvalue weighted by atomic mass is 32.2. The summed E-state index contributed by atoms with van der Waals surface area (Å²) in [4.78, 5) is 39.0. The van der Waals surface area contributed by atoms with Gasteiger partial charge < -0.3 is 14.2 Å². The van der Waals surface area contributed by atoms with Crippen LogP contribution in [0.1, 0.15) is 33.1 Å². The average molecular weight is 479 g/mol. The van der Waals surface area contributed by atoms with Gasteiger partial charge in [0.25, 0.3) is 0 Å². The molecule has 3 rings (SSSR count). The summed E-state index contributed by atoms with van der Waals surface area (Å²) in [5.41, 5.74) is -1.04. The van der Waals surface area contributed by atoms with Crippen molar-refractivity contribution in [1.29, 1.82) is 0 Å². The third-order valence-corrected chi connectivity index (χ3v) is 8.98. The lowest BCUT2D eigenvalue weighted by atomic mass is 9.71. The highest BCUT2D eigenvalue weighted by Crippen LogP contribution is 2.57. The van der Waals surface area contributed by atoms with Gasteiger partial charge in [-0.3, -0.25) is 14.4 Å². The molecule has 2 aliphatic carbocycles. The van der Waals surface area contributed by atoms with Crippen LogP contribution in [-0.2, 0) is 38.4 Å². The third-order valence-electron chi connectivity index (χ3n) is 6.79. The number of fused-ring (bicyclic) bond motifs is 1. The van der Waals surface area contributed by atoms with Crippen molar-refractivity contribution < 1.29 is 37.0 Å². The molecule has 1 aromatic carbocycles. The summed E-state index contributed by atoms with van der Waals surface area (Å²) in [7, 11) is -2.73. The molecule has 0 heterocycles. The first-order valence-corrected chi connectivity index (χ1v) is 12.6. The van der Waals surface area contributed by atoms with Crippen LogP contribution < -0.4 is 0 Å². The summed E-state index contributed by atoms with van der Waals surface area (Å²) in [6, 6.07) is 7.89. The number of hydrogen-bond acceptors (Lipinski definition) is 8. The van der Waals surface area contributed by atoms with Gasteiger partial charge in [0.2, 0.25) is 0 Å². The van der Waals surface area contributed by atoms with Gasteiger partial charge in [-0.2, -0.15) is 0 Å². The fraction of sp³-hybridized carbons (Fsp3) is 0.542. The smallest absolute Gasteiger partial charge is 0.323 e. The van der Waals surface area contributed by atoms with Crippen molar-refractivity contribution in [3.8, 4) is 0 Å².